The third-order valence-corrected chi connectivity index (χ3v) is 4.80. The predicted molar refractivity (Wildman–Crippen MR) is 91.6 cm³/mol. The fourth-order valence-electron chi connectivity index (χ4n) is 2.24. The van der Waals surface area contributed by atoms with Gasteiger partial charge in [0.1, 0.15) is 0 Å². The Morgan fingerprint density at radius 2 is 2.14 bits per heavy atom. The first kappa shape index (κ1) is 17.1. The standard InChI is InChI=1S/C15H20ClN3O2S/c1-3-19(4-2)15(21)11-6-5-10(7-12(11)16)18-14(20)13-8-22-9-17-13/h5-7,13,17H,3-4,8-9H2,1-2H3,(H,18,20). The van der Waals surface area contributed by atoms with Gasteiger partial charge in [-0.3, -0.25) is 14.9 Å². The van der Waals surface area contributed by atoms with Gasteiger partial charge in [-0.1, -0.05) is 11.6 Å². The maximum Gasteiger partial charge on any atom is 0.255 e. The molecule has 2 amide bonds. The number of amides is 2. The minimum Gasteiger partial charge on any atom is -0.339 e. The average molecular weight is 342 g/mol. The highest BCUT2D eigenvalue weighted by Crippen LogP contribution is 2.23. The summed E-state index contributed by atoms with van der Waals surface area (Å²) in [5, 5.41) is 6.28. The normalized spacial score (nSPS) is 17.3. The Balaban J connectivity index is 2.08. The van der Waals surface area contributed by atoms with Gasteiger partial charge in [-0.05, 0) is 32.0 Å². The van der Waals surface area contributed by atoms with Crippen LogP contribution in [0.4, 0.5) is 5.69 Å². The lowest BCUT2D eigenvalue weighted by molar-refractivity contribution is -0.117. The Morgan fingerprint density at radius 3 is 2.68 bits per heavy atom. The molecule has 0 bridgehead atoms. The fraction of sp³-hybridized carbons (Fsp3) is 0.467. The van der Waals surface area contributed by atoms with Crippen molar-refractivity contribution in [1.82, 2.24) is 10.2 Å². The largest absolute Gasteiger partial charge is 0.339 e. The van der Waals surface area contributed by atoms with E-state index in [1.807, 2.05) is 13.8 Å². The predicted octanol–water partition coefficient (Wildman–Crippen LogP) is 2.42. The van der Waals surface area contributed by atoms with E-state index in [-0.39, 0.29) is 17.9 Å². The van der Waals surface area contributed by atoms with Gasteiger partial charge in [-0.25, -0.2) is 0 Å². The van der Waals surface area contributed by atoms with E-state index in [1.54, 1.807) is 34.9 Å². The maximum atomic E-state index is 12.3. The van der Waals surface area contributed by atoms with Crippen LogP contribution in [0.3, 0.4) is 0 Å². The number of benzene rings is 1. The van der Waals surface area contributed by atoms with Crippen molar-refractivity contribution in [2.75, 3.05) is 30.0 Å². The van der Waals surface area contributed by atoms with E-state index in [0.29, 0.717) is 29.4 Å². The highest BCUT2D eigenvalue weighted by atomic mass is 35.5. The van der Waals surface area contributed by atoms with Crippen molar-refractivity contribution in [3.63, 3.8) is 0 Å². The summed E-state index contributed by atoms with van der Waals surface area (Å²) in [5.41, 5.74) is 1.06. The van der Waals surface area contributed by atoms with Crippen molar-refractivity contribution in [3.05, 3.63) is 28.8 Å². The van der Waals surface area contributed by atoms with Gasteiger partial charge in [-0.2, -0.15) is 0 Å². The fourth-order valence-corrected chi connectivity index (χ4v) is 3.44. The first-order valence-electron chi connectivity index (χ1n) is 7.27. The molecule has 5 nitrogen and oxygen atoms in total. The van der Waals surface area contributed by atoms with Crippen LogP contribution >= 0.6 is 23.4 Å². The summed E-state index contributed by atoms with van der Waals surface area (Å²) in [5.74, 6) is 1.37. The molecule has 22 heavy (non-hydrogen) atoms. The molecule has 1 heterocycles. The zero-order valence-electron chi connectivity index (χ0n) is 12.7. The second-order valence-electron chi connectivity index (χ2n) is 4.93. The smallest absolute Gasteiger partial charge is 0.255 e. The minimum absolute atomic E-state index is 0.0797. The van der Waals surface area contributed by atoms with E-state index >= 15 is 0 Å². The molecule has 1 unspecified atom stereocenters. The Hall–Kier alpha value is -1.24. The lowest BCUT2D eigenvalue weighted by atomic mass is 10.1. The average Bonchev–Trinajstić information content (AvgIpc) is 3.02. The molecular formula is C15H20ClN3O2S. The minimum atomic E-state index is -0.180. The Morgan fingerprint density at radius 1 is 1.41 bits per heavy atom. The van der Waals surface area contributed by atoms with E-state index in [1.165, 1.54) is 0 Å². The molecule has 1 saturated heterocycles. The van der Waals surface area contributed by atoms with Crippen molar-refractivity contribution in [1.29, 1.82) is 0 Å². The summed E-state index contributed by atoms with van der Waals surface area (Å²) in [6, 6.07) is 4.82. The van der Waals surface area contributed by atoms with E-state index in [2.05, 4.69) is 10.6 Å². The summed E-state index contributed by atoms with van der Waals surface area (Å²) in [6.45, 7) is 5.12. The molecule has 1 aliphatic rings. The molecule has 0 aromatic heterocycles. The molecule has 120 valence electrons. The first-order valence-corrected chi connectivity index (χ1v) is 8.80. The number of thioether (sulfide) groups is 1. The zero-order chi connectivity index (χ0) is 16.1. The number of carbonyl (C=O) groups excluding carboxylic acids is 2. The van der Waals surface area contributed by atoms with Crippen molar-refractivity contribution >= 4 is 40.9 Å². The number of rotatable bonds is 5. The van der Waals surface area contributed by atoms with Gasteiger partial charge in [0.05, 0.1) is 16.6 Å². The van der Waals surface area contributed by atoms with Crippen LogP contribution in [0.5, 0.6) is 0 Å². The van der Waals surface area contributed by atoms with Crippen LogP contribution in [0.1, 0.15) is 24.2 Å². The van der Waals surface area contributed by atoms with E-state index in [9.17, 15) is 9.59 Å². The number of nitrogens with zero attached hydrogens (tertiary/aromatic N) is 1. The number of anilines is 1. The quantitative estimate of drug-likeness (QED) is 0.863. The van der Waals surface area contributed by atoms with Crippen LogP contribution in [0, 0.1) is 0 Å². The van der Waals surface area contributed by atoms with Crippen LogP contribution in [0.25, 0.3) is 0 Å². The molecule has 0 radical (unpaired) electrons. The van der Waals surface area contributed by atoms with E-state index < -0.39 is 0 Å². The molecule has 1 aliphatic heterocycles. The lowest BCUT2D eigenvalue weighted by Crippen LogP contribution is -2.37. The SMILES string of the molecule is CCN(CC)C(=O)c1ccc(NC(=O)C2CSCN2)cc1Cl. The summed E-state index contributed by atoms with van der Waals surface area (Å²) >= 11 is 7.90. The van der Waals surface area contributed by atoms with Gasteiger partial charge < -0.3 is 10.2 Å². The van der Waals surface area contributed by atoms with Crippen LogP contribution in [0.15, 0.2) is 18.2 Å². The second-order valence-corrected chi connectivity index (χ2v) is 6.37. The molecule has 1 aromatic rings. The van der Waals surface area contributed by atoms with Crippen LogP contribution in [-0.2, 0) is 4.79 Å². The molecule has 2 N–H and O–H groups in total. The molecule has 0 spiro atoms. The van der Waals surface area contributed by atoms with Crippen molar-refractivity contribution < 1.29 is 9.59 Å². The first-order chi connectivity index (χ1) is 10.6. The highest BCUT2D eigenvalue weighted by molar-refractivity contribution is 7.99. The molecule has 7 heteroatoms. The van der Waals surface area contributed by atoms with Gasteiger partial charge >= 0.3 is 0 Å². The van der Waals surface area contributed by atoms with E-state index in [4.69, 9.17) is 11.6 Å². The van der Waals surface area contributed by atoms with Crippen molar-refractivity contribution in [2.45, 2.75) is 19.9 Å². The van der Waals surface area contributed by atoms with Crippen LogP contribution in [-0.4, -0.2) is 47.5 Å². The Bertz CT molecular complexity index is 558. The summed E-state index contributed by atoms with van der Waals surface area (Å²) < 4.78 is 0. The van der Waals surface area contributed by atoms with Gasteiger partial charge in [0.25, 0.3) is 5.91 Å². The van der Waals surface area contributed by atoms with Gasteiger partial charge in [0.15, 0.2) is 0 Å². The molecule has 1 aromatic carbocycles. The Kier molecular flexibility index (Phi) is 6.11. The topological polar surface area (TPSA) is 61.4 Å². The molecule has 1 atom stereocenters. The van der Waals surface area contributed by atoms with Crippen molar-refractivity contribution in [2.24, 2.45) is 0 Å². The second kappa shape index (κ2) is 7.85. The number of hydrogen-bond donors (Lipinski definition) is 2. The number of nitrogens with one attached hydrogen (secondary N) is 2. The summed E-state index contributed by atoms with van der Waals surface area (Å²) in [4.78, 5) is 26.1. The lowest BCUT2D eigenvalue weighted by Gasteiger charge is -2.19. The van der Waals surface area contributed by atoms with Crippen LogP contribution < -0.4 is 10.6 Å². The summed E-state index contributed by atoms with van der Waals surface area (Å²) in [6.07, 6.45) is 0. The van der Waals surface area contributed by atoms with Crippen molar-refractivity contribution in [3.8, 4) is 0 Å². The molecule has 0 saturated carbocycles. The summed E-state index contributed by atoms with van der Waals surface area (Å²) in [7, 11) is 0. The number of hydrogen-bond acceptors (Lipinski definition) is 4. The van der Waals surface area contributed by atoms with Crippen LogP contribution in [0.2, 0.25) is 5.02 Å². The molecule has 2 rings (SSSR count). The molecule has 1 fully saturated rings. The third-order valence-electron chi connectivity index (χ3n) is 3.55. The molecular weight excluding hydrogens is 322 g/mol. The highest BCUT2D eigenvalue weighted by Gasteiger charge is 2.23. The van der Waals surface area contributed by atoms with E-state index in [0.717, 1.165) is 11.6 Å². The van der Waals surface area contributed by atoms with Gasteiger partial charge in [0, 0.05) is 30.4 Å². The third kappa shape index (κ3) is 3.94. The number of carbonyl (C=O) groups is 2. The maximum absolute atomic E-state index is 12.3. The van der Waals surface area contributed by atoms with Gasteiger partial charge in [-0.15, -0.1) is 11.8 Å². The monoisotopic (exact) mass is 341 g/mol. The molecule has 0 aliphatic carbocycles. The van der Waals surface area contributed by atoms with Gasteiger partial charge in [0.2, 0.25) is 5.91 Å². The number of halogens is 1. The Labute approximate surface area is 139 Å². The zero-order valence-corrected chi connectivity index (χ0v) is 14.3.